The van der Waals surface area contributed by atoms with E-state index in [0.717, 1.165) is 5.56 Å². The molecule has 0 aliphatic rings. The predicted molar refractivity (Wildman–Crippen MR) is 81.3 cm³/mol. The molecule has 0 saturated heterocycles. The molecule has 0 radical (unpaired) electrons. The monoisotopic (exact) mass is 323 g/mol. The van der Waals surface area contributed by atoms with Crippen LogP contribution >= 0.6 is 12.2 Å². The van der Waals surface area contributed by atoms with E-state index in [1.165, 1.54) is 12.1 Å². The van der Waals surface area contributed by atoms with Crippen molar-refractivity contribution in [2.45, 2.75) is 6.92 Å². The van der Waals surface area contributed by atoms with Crippen molar-refractivity contribution in [1.29, 1.82) is 0 Å². The summed E-state index contributed by atoms with van der Waals surface area (Å²) in [7, 11) is 0. The lowest BCUT2D eigenvalue weighted by molar-refractivity contribution is 0.585. The summed E-state index contributed by atoms with van der Waals surface area (Å²) >= 11 is 4.26. The van der Waals surface area contributed by atoms with E-state index in [9.17, 15) is 17.6 Å². The van der Waals surface area contributed by atoms with E-state index in [1.54, 1.807) is 19.1 Å². The van der Waals surface area contributed by atoms with Gasteiger partial charge < -0.3 is 0 Å². The molecule has 0 aliphatic heterocycles. The summed E-state index contributed by atoms with van der Waals surface area (Å²) in [6, 6.07) is 7.25. The highest BCUT2D eigenvalue weighted by Gasteiger charge is 2.17. The molecule has 0 aliphatic carbocycles. The van der Waals surface area contributed by atoms with E-state index >= 15 is 0 Å². The predicted octanol–water partition coefficient (Wildman–Crippen LogP) is 5.77. The van der Waals surface area contributed by atoms with E-state index < -0.39 is 34.5 Å². The fraction of sp³-hybridized carbons (Fsp3) is 0.0625. The van der Waals surface area contributed by atoms with Crippen molar-refractivity contribution in [1.82, 2.24) is 0 Å². The Labute approximate surface area is 129 Å². The second-order valence-corrected chi connectivity index (χ2v) is 4.67. The lowest BCUT2D eigenvalue weighted by atomic mass is 10.1. The van der Waals surface area contributed by atoms with E-state index in [1.807, 2.05) is 5.16 Å². The highest BCUT2D eigenvalue weighted by atomic mass is 32.1. The molecule has 0 bridgehead atoms. The average Bonchev–Trinajstić information content (AvgIpc) is 2.50. The number of hydrogen-bond donors (Lipinski definition) is 0. The number of halogens is 4. The topological polar surface area (TPSA) is 12.4 Å². The molecule has 0 atom stereocenters. The number of rotatable bonds is 3. The van der Waals surface area contributed by atoms with Crippen LogP contribution in [0.25, 0.3) is 11.7 Å². The van der Waals surface area contributed by atoms with Gasteiger partial charge in [-0.1, -0.05) is 29.8 Å². The summed E-state index contributed by atoms with van der Waals surface area (Å²) in [4.78, 5) is 3.20. The number of hydrogen-bond acceptors (Lipinski definition) is 2. The van der Waals surface area contributed by atoms with Gasteiger partial charge in [-0.25, -0.2) is 17.6 Å². The minimum atomic E-state index is -1.36. The van der Waals surface area contributed by atoms with Crippen molar-refractivity contribution >= 4 is 34.7 Å². The summed E-state index contributed by atoms with van der Waals surface area (Å²) in [6.45, 7) is 1.79. The average molecular weight is 323 g/mol. The Morgan fingerprint density at radius 3 is 1.95 bits per heavy atom. The first kappa shape index (κ1) is 16.1. The molecule has 0 spiro atoms. The molecular formula is C16H9F4NS. The van der Waals surface area contributed by atoms with E-state index in [0.29, 0.717) is 12.1 Å². The zero-order valence-electron chi connectivity index (χ0n) is 11.3. The molecule has 2 aromatic rings. The third kappa shape index (κ3) is 3.30. The number of thiocarbonyl (C=S) groups is 1. The largest absolute Gasteiger partial charge is 0.204 e. The summed E-state index contributed by atoms with van der Waals surface area (Å²) in [5.41, 5.74) is -0.403. The molecule has 1 nitrogen and oxygen atoms in total. The molecule has 2 rings (SSSR count). The van der Waals surface area contributed by atoms with Gasteiger partial charge in [-0.3, -0.25) is 0 Å². The van der Waals surface area contributed by atoms with Crippen molar-refractivity contribution in [3.63, 3.8) is 0 Å². The fourth-order valence-corrected chi connectivity index (χ4v) is 1.89. The molecule has 112 valence electrons. The Hall–Kier alpha value is -2.30. The molecule has 22 heavy (non-hydrogen) atoms. The van der Waals surface area contributed by atoms with Gasteiger partial charge in [-0.05, 0) is 31.3 Å². The Balaban J connectivity index is 2.52. The number of nitrogens with zero attached hydrogens (tertiary/aromatic N) is 1. The molecule has 0 unspecified atom stereocenters. The lowest BCUT2D eigenvalue weighted by Gasteiger charge is -2.05. The third-order valence-corrected chi connectivity index (χ3v) is 3.02. The second-order valence-electron chi connectivity index (χ2n) is 4.49. The first-order valence-corrected chi connectivity index (χ1v) is 6.54. The Kier molecular flexibility index (Phi) is 4.85. The van der Waals surface area contributed by atoms with Crippen LogP contribution in [0.3, 0.4) is 0 Å². The molecule has 0 fully saturated rings. The SMILES string of the molecule is Cc1ccc(/C(F)=C(\F)c2cc(F)c(N=C=S)c(F)c2)cc1. The van der Waals surface area contributed by atoms with Crippen molar-refractivity contribution in [2.24, 2.45) is 4.99 Å². The molecule has 0 heterocycles. The molecular weight excluding hydrogens is 314 g/mol. The first-order chi connectivity index (χ1) is 10.4. The summed E-state index contributed by atoms with van der Waals surface area (Å²) < 4.78 is 55.5. The van der Waals surface area contributed by atoms with Gasteiger partial charge >= 0.3 is 0 Å². The molecule has 0 aromatic heterocycles. The van der Waals surface area contributed by atoms with Gasteiger partial charge in [0.25, 0.3) is 0 Å². The zero-order valence-corrected chi connectivity index (χ0v) is 12.1. The zero-order chi connectivity index (χ0) is 16.3. The van der Waals surface area contributed by atoms with Crippen LogP contribution in [0.2, 0.25) is 0 Å². The summed E-state index contributed by atoms with van der Waals surface area (Å²) in [6.07, 6.45) is 0. The Morgan fingerprint density at radius 1 is 0.955 bits per heavy atom. The van der Waals surface area contributed by atoms with Gasteiger partial charge in [-0.15, -0.1) is 0 Å². The summed E-state index contributed by atoms with van der Waals surface area (Å²) in [5, 5.41) is 1.82. The molecule has 2 aromatic carbocycles. The van der Waals surface area contributed by atoms with E-state index in [-0.39, 0.29) is 5.56 Å². The van der Waals surface area contributed by atoms with Crippen molar-refractivity contribution in [3.8, 4) is 0 Å². The van der Waals surface area contributed by atoms with Crippen LogP contribution < -0.4 is 0 Å². The Morgan fingerprint density at radius 2 is 1.45 bits per heavy atom. The van der Waals surface area contributed by atoms with Crippen LogP contribution in [-0.4, -0.2) is 5.16 Å². The lowest BCUT2D eigenvalue weighted by Crippen LogP contribution is -1.90. The van der Waals surface area contributed by atoms with E-state index in [2.05, 4.69) is 17.2 Å². The molecule has 0 amide bonds. The maximum Gasteiger partial charge on any atom is 0.166 e. The first-order valence-electron chi connectivity index (χ1n) is 6.13. The van der Waals surface area contributed by atoms with Crippen LogP contribution in [0.1, 0.15) is 16.7 Å². The van der Waals surface area contributed by atoms with Gasteiger partial charge in [0.15, 0.2) is 23.3 Å². The quantitative estimate of drug-likeness (QED) is 0.302. The van der Waals surface area contributed by atoms with Crippen molar-refractivity contribution < 1.29 is 17.6 Å². The summed E-state index contributed by atoms with van der Waals surface area (Å²) in [5.74, 6) is -4.87. The van der Waals surface area contributed by atoms with Crippen LogP contribution in [0.15, 0.2) is 41.4 Å². The minimum Gasteiger partial charge on any atom is -0.204 e. The molecule has 6 heteroatoms. The number of isothiocyanates is 1. The van der Waals surface area contributed by atoms with Crippen LogP contribution in [0.5, 0.6) is 0 Å². The Bertz CT molecular complexity index is 767. The maximum absolute atomic E-state index is 14.1. The highest BCUT2D eigenvalue weighted by molar-refractivity contribution is 7.78. The fourth-order valence-electron chi connectivity index (χ4n) is 1.80. The molecule has 0 N–H and O–H groups in total. The standard InChI is InChI=1S/C16H9F4NS/c1-9-2-4-10(5-3-9)14(19)15(20)11-6-12(17)16(21-8-22)13(18)7-11/h2-7H,1H3/b15-14+. The normalized spacial score (nSPS) is 11.7. The van der Waals surface area contributed by atoms with Crippen molar-refractivity contribution in [2.75, 3.05) is 0 Å². The van der Waals surface area contributed by atoms with Crippen LogP contribution in [0, 0.1) is 18.6 Å². The number of benzene rings is 2. The van der Waals surface area contributed by atoms with Crippen LogP contribution in [-0.2, 0) is 0 Å². The number of aliphatic imine (C=N–C) groups is 1. The smallest absolute Gasteiger partial charge is 0.166 e. The van der Waals surface area contributed by atoms with Crippen molar-refractivity contribution in [3.05, 3.63) is 64.7 Å². The maximum atomic E-state index is 14.1. The van der Waals surface area contributed by atoms with E-state index in [4.69, 9.17) is 0 Å². The van der Waals surface area contributed by atoms with Crippen LogP contribution in [0.4, 0.5) is 23.2 Å². The van der Waals surface area contributed by atoms with Gasteiger partial charge in [0.2, 0.25) is 0 Å². The minimum absolute atomic E-state index is 0.0232. The third-order valence-electron chi connectivity index (χ3n) is 2.93. The second kappa shape index (κ2) is 6.64. The van der Waals surface area contributed by atoms with Gasteiger partial charge in [0.1, 0.15) is 5.69 Å². The highest BCUT2D eigenvalue weighted by Crippen LogP contribution is 2.32. The van der Waals surface area contributed by atoms with Gasteiger partial charge in [-0.2, -0.15) is 4.99 Å². The van der Waals surface area contributed by atoms with Gasteiger partial charge in [0.05, 0.1) is 5.16 Å². The molecule has 0 saturated carbocycles. The van der Waals surface area contributed by atoms with Gasteiger partial charge in [0, 0.05) is 11.1 Å². The number of aryl methyl sites for hydroxylation is 1.